The van der Waals surface area contributed by atoms with Crippen molar-refractivity contribution in [3.63, 3.8) is 0 Å². The molecular weight excluding hydrogens is 570 g/mol. The molecule has 0 aliphatic carbocycles. The summed E-state index contributed by atoms with van der Waals surface area (Å²) < 4.78 is 5.10. The molecule has 3 aromatic rings. The summed E-state index contributed by atoms with van der Waals surface area (Å²) >= 11 is 0. The van der Waals surface area contributed by atoms with E-state index in [0.29, 0.717) is 31.5 Å². The number of tetrazole rings is 1. The van der Waals surface area contributed by atoms with E-state index in [0.717, 1.165) is 28.7 Å². The number of H-pyrrole nitrogens is 1. The Kier molecular flexibility index (Phi) is 13.2. The van der Waals surface area contributed by atoms with Crippen molar-refractivity contribution in [3.05, 3.63) is 64.2 Å². The highest BCUT2D eigenvalue weighted by atomic mass is 16.9. The molecule has 0 spiro atoms. The lowest BCUT2D eigenvalue weighted by molar-refractivity contribution is -0.757. The summed E-state index contributed by atoms with van der Waals surface area (Å²) in [4.78, 5) is 54.9. The van der Waals surface area contributed by atoms with Crippen LogP contribution >= 0.6 is 0 Å². The molecule has 1 aromatic heterocycles. The quantitative estimate of drug-likeness (QED) is 0.0933. The Hall–Kier alpha value is -4.88. The number of benzene rings is 2. The van der Waals surface area contributed by atoms with Gasteiger partial charge in [-0.3, -0.25) is 14.4 Å². The fourth-order valence-corrected chi connectivity index (χ4v) is 4.65. The third-order valence-electron chi connectivity index (χ3n) is 6.84. The lowest BCUT2D eigenvalue weighted by Gasteiger charge is -2.34. The van der Waals surface area contributed by atoms with Crippen molar-refractivity contribution in [1.82, 2.24) is 30.8 Å². The minimum atomic E-state index is -0.878. The molecule has 0 saturated heterocycles. The zero-order valence-corrected chi connectivity index (χ0v) is 25.2. The van der Waals surface area contributed by atoms with Gasteiger partial charge in [-0.25, -0.2) is 0 Å². The summed E-state index contributed by atoms with van der Waals surface area (Å²) in [5.41, 5.74) is 3.52. The first-order valence-electron chi connectivity index (χ1n) is 14.6. The molecule has 2 amide bonds. The molecule has 14 nitrogen and oxygen atoms in total. The highest BCUT2D eigenvalue weighted by molar-refractivity contribution is 5.90. The highest BCUT2D eigenvalue weighted by Gasteiger charge is 2.32. The molecular formula is C30H39N7O7. The Morgan fingerprint density at radius 1 is 1.02 bits per heavy atom. The average molecular weight is 610 g/mol. The van der Waals surface area contributed by atoms with Crippen LogP contribution in [0, 0.1) is 16.0 Å². The van der Waals surface area contributed by atoms with Crippen LogP contribution in [0.5, 0.6) is 0 Å². The zero-order valence-electron chi connectivity index (χ0n) is 25.2. The van der Waals surface area contributed by atoms with Gasteiger partial charge in [-0.15, -0.1) is 20.3 Å². The van der Waals surface area contributed by atoms with Gasteiger partial charge in [0.1, 0.15) is 12.6 Å². The maximum absolute atomic E-state index is 13.4. The first-order chi connectivity index (χ1) is 21.2. The van der Waals surface area contributed by atoms with E-state index in [-0.39, 0.29) is 38.1 Å². The largest absolute Gasteiger partial charge is 0.464 e. The maximum Gasteiger partial charge on any atom is 0.325 e. The number of carbonyl (C=O) groups excluding carboxylic acids is 3. The Balaban J connectivity index is 1.69. The van der Waals surface area contributed by atoms with E-state index in [4.69, 9.17) is 4.74 Å². The molecule has 0 aliphatic heterocycles. The number of carbonyl (C=O) groups is 3. The van der Waals surface area contributed by atoms with Gasteiger partial charge in [-0.1, -0.05) is 75.7 Å². The number of nitrogens with one attached hydrogen (secondary N) is 2. The van der Waals surface area contributed by atoms with Gasteiger partial charge >= 0.3 is 5.97 Å². The lowest BCUT2D eigenvalue weighted by atomic mass is 9.97. The number of ether oxygens (including phenoxy) is 1. The molecule has 44 heavy (non-hydrogen) atoms. The molecule has 2 N–H and O–H groups in total. The molecule has 3 rings (SSSR count). The van der Waals surface area contributed by atoms with E-state index in [1.54, 1.807) is 4.90 Å². The van der Waals surface area contributed by atoms with Gasteiger partial charge in [0.05, 0.1) is 13.2 Å². The molecule has 0 aliphatic rings. The van der Waals surface area contributed by atoms with Crippen molar-refractivity contribution < 1.29 is 29.0 Å². The molecule has 236 valence electrons. The van der Waals surface area contributed by atoms with Gasteiger partial charge in [-0.05, 0) is 47.1 Å². The monoisotopic (exact) mass is 609 g/mol. The van der Waals surface area contributed by atoms with Crippen LogP contribution in [0.2, 0.25) is 0 Å². The SMILES string of the molecule is CCCCC(=O)N(Cc1ccc(-c2ccccc2-c2nn[nH]n2)cc1)C(C(=O)NCC(=O)OCCCCO[N+](=O)[O-])C(C)C. The molecule has 14 heteroatoms. The van der Waals surface area contributed by atoms with Gasteiger partial charge < -0.3 is 19.8 Å². The zero-order chi connectivity index (χ0) is 31.9. The van der Waals surface area contributed by atoms with E-state index in [9.17, 15) is 24.5 Å². The number of aromatic amines is 1. The van der Waals surface area contributed by atoms with Crippen LogP contribution in [0.25, 0.3) is 22.5 Å². The fraction of sp³-hybridized carbons (Fsp3) is 0.467. The number of hydrogen-bond acceptors (Lipinski definition) is 10. The second kappa shape index (κ2) is 17.3. The second-order valence-corrected chi connectivity index (χ2v) is 10.5. The van der Waals surface area contributed by atoms with Gasteiger partial charge in [0, 0.05) is 18.5 Å². The number of amides is 2. The van der Waals surface area contributed by atoms with Crippen molar-refractivity contribution in [2.75, 3.05) is 19.8 Å². The van der Waals surface area contributed by atoms with Crippen LogP contribution in [0.4, 0.5) is 0 Å². The number of aromatic nitrogens is 4. The molecule has 0 bridgehead atoms. The summed E-state index contributed by atoms with van der Waals surface area (Å²) in [6.07, 6.45) is 2.54. The number of unbranched alkanes of at least 4 members (excludes halogenated alkanes) is 2. The number of nitrogens with zero attached hydrogens (tertiary/aromatic N) is 5. The van der Waals surface area contributed by atoms with E-state index in [1.807, 2.05) is 69.3 Å². The lowest BCUT2D eigenvalue weighted by Crippen LogP contribution is -2.52. The Bertz CT molecular complexity index is 1360. The minimum Gasteiger partial charge on any atom is -0.464 e. The summed E-state index contributed by atoms with van der Waals surface area (Å²) in [7, 11) is 0. The molecule has 0 radical (unpaired) electrons. The summed E-state index contributed by atoms with van der Waals surface area (Å²) in [6.45, 7) is 5.51. The normalized spacial score (nSPS) is 11.5. The molecule has 2 aromatic carbocycles. The van der Waals surface area contributed by atoms with Crippen LogP contribution in [-0.2, 0) is 30.5 Å². The van der Waals surface area contributed by atoms with Gasteiger partial charge in [0.15, 0.2) is 0 Å². The van der Waals surface area contributed by atoms with Crippen molar-refractivity contribution in [2.45, 2.75) is 65.5 Å². The van der Waals surface area contributed by atoms with Crippen LogP contribution in [0.3, 0.4) is 0 Å². The molecule has 1 atom stereocenters. The molecule has 1 heterocycles. The summed E-state index contributed by atoms with van der Waals surface area (Å²) in [5.74, 6) is -0.996. The molecule has 0 saturated carbocycles. The van der Waals surface area contributed by atoms with E-state index >= 15 is 0 Å². The van der Waals surface area contributed by atoms with E-state index < -0.39 is 23.0 Å². The highest BCUT2D eigenvalue weighted by Crippen LogP contribution is 2.30. The third-order valence-corrected chi connectivity index (χ3v) is 6.84. The maximum atomic E-state index is 13.4. The standard InChI is InChI=1S/C30H39N7O7/c1-4-5-12-26(38)36(28(21(2)3)30(40)31-19-27(39)43-17-8-9-18-44-37(41)42)20-22-13-15-23(16-14-22)24-10-6-7-11-25(24)29-32-34-35-33-29/h6-7,10-11,13-16,21,28H,4-5,8-9,12,17-20H2,1-3H3,(H,31,40)(H,32,33,34,35). The average Bonchev–Trinajstić information content (AvgIpc) is 3.55. The smallest absolute Gasteiger partial charge is 0.325 e. The second-order valence-electron chi connectivity index (χ2n) is 10.5. The molecule has 1 unspecified atom stereocenters. The Morgan fingerprint density at radius 2 is 1.73 bits per heavy atom. The predicted octanol–water partition coefficient (Wildman–Crippen LogP) is 3.73. The summed E-state index contributed by atoms with van der Waals surface area (Å²) in [5, 5.41) is 26.2. The van der Waals surface area contributed by atoms with Gasteiger partial charge in [0.25, 0.3) is 5.09 Å². The van der Waals surface area contributed by atoms with Gasteiger partial charge in [-0.2, -0.15) is 5.21 Å². The molecule has 0 fully saturated rings. The van der Waals surface area contributed by atoms with Crippen molar-refractivity contribution in [1.29, 1.82) is 0 Å². The minimum absolute atomic E-state index is 0.0423. The van der Waals surface area contributed by atoms with Gasteiger partial charge in [0.2, 0.25) is 17.6 Å². The Labute approximate surface area is 255 Å². The topological polar surface area (TPSA) is 183 Å². The fourth-order valence-electron chi connectivity index (χ4n) is 4.65. The third kappa shape index (κ3) is 10.1. The number of esters is 1. The Morgan fingerprint density at radius 3 is 2.36 bits per heavy atom. The summed E-state index contributed by atoms with van der Waals surface area (Å²) in [6, 6.07) is 14.6. The van der Waals surface area contributed by atoms with Crippen LogP contribution < -0.4 is 5.32 Å². The van der Waals surface area contributed by atoms with Crippen molar-refractivity contribution in [2.24, 2.45) is 5.92 Å². The predicted molar refractivity (Wildman–Crippen MR) is 160 cm³/mol. The number of rotatable bonds is 18. The van der Waals surface area contributed by atoms with Crippen LogP contribution in [0.15, 0.2) is 48.5 Å². The van der Waals surface area contributed by atoms with Crippen molar-refractivity contribution in [3.8, 4) is 22.5 Å². The van der Waals surface area contributed by atoms with Crippen molar-refractivity contribution >= 4 is 17.8 Å². The van der Waals surface area contributed by atoms with E-state index in [2.05, 4.69) is 30.8 Å². The van der Waals surface area contributed by atoms with Crippen LogP contribution in [0.1, 0.15) is 58.4 Å². The van der Waals surface area contributed by atoms with Crippen LogP contribution in [-0.4, -0.2) is 74.2 Å². The number of hydrogen-bond donors (Lipinski definition) is 2. The van der Waals surface area contributed by atoms with E-state index in [1.165, 1.54) is 0 Å². The first kappa shape index (κ1) is 33.6. The first-order valence-corrected chi connectivity index (χ1v) is 14.6.